The topological polar surface area (TPSA) is 60.5 Å². The van der Waals surface area contributed by atoms with Gasteiger partial charge in [-0.15, -0.1) is 0 Å². The van der Waals surface area contributed by atoms with E-state index in [0.29, 0.717) is 13.2 Å². The third-order valence-electron chi connectivity index (χ3n) is 4.01. The van der Waals surface area contributed by atoms with E-state index in [4.69, 9.17) is 9.47 Å². The maximum Gasteiger partial charge on any atom is 0.250 e. The zero-order valence-electron chi connectivity index (χ0n) is 12.2. The molecule has 21 heavy (non-hydrogen) atoms. The van der Waals surface area contributed by atoms with Crippen LogP contribution in [0, 0.1) is 0 Å². The predicted molar refractivity (Wildman–Crippen MR) is 77.4 cm³/mol. The molecule has 0 aromatic carbocycles. The largest absolute Gasteiger partial charge is 0.498 e. The van der Waals surface area contributed by atoms with Crippen LogP contribution in [-0.4, -0.2) is 30.1 Å². The lowest BCUT2D eigenvalue weighted by atomic mass is 10.0. The molecule has 0 radical (unpaired) electrons. The zero-order chi connectivity index (χ0) is 14.7. The van der Waals surface area contributed by atoms with E-state index < -0.39 is 0 Å². The van der Waals surface area contributed by atoms with Crippen molar-refractivity contribution in [3.8, 4) is 0 Å². The molecule has 0 bridgehead atoms. The van der Waals surface area contributed by atoms with E-state index in [1.807, 2.05) is 19.1 Å². The van der Waals surface area contributed by atoms with Gasteiger partial charge in [0, 0.05) is 24.6 Å². The second kappa shape index (κ2) is 6.26. The van der Waals surface area contributed by atoms with Crippen LogP contribution in [0.25, 0.3) is 0 Å². The van der Waals surface area contributed by atoms with Gasteiger partial charge >= 0.3 is 0 Å². The average molecular weight is 288 g/mol. The molecule has 1 saturated heterocycles. The number of pyridine rings is 1. The molecule has 3 heterocycles. The van der Waals surface area contributed by atoms with Crippen molar-refractivity contribution < 1.29 is 14.3 Å². The lowest BCUT2D eigenvalue weighted by Gasteiger charge is -2.23. The molecule has 0 aliphatic carbocycles. The van der Waals surface area contributed by atoms with Crippen molar-refractivity contribution in [2.45, 2.75) is 38.3 Å². The molecule has 5 heteroatoms. The van der Waals surface area contributed by atoms with Gasteiger partial charge in [-0.3, -0.25) is 9.78 Å². The van der Waals surface area contributed by atoms with Gasteiger partial charge in [-0.1, -0.05) is 6.07 Å². The van der Waals surface area contributed by atoms with E-state index in [-0.39, 0.29) is 18.1 Å². The van der Waals surface area contributed by atoms with E-state index >= 15 is 0 Å². The number of amides is 1. The minimum Gasteiger partial charge on any atom is -0.498 e. The molecule has 3 rings (SSSR count). The van der Waals surface area contributed by atoms with E-state index in [9.17, 15) is 4.79 Å². The van der Waals surface area contributed by atoms with Crippen LogP contribution in [0.15, 0.2) is 35.9 Å². The van der Waals surface area contributed by atoms with Crippen LogP contribution in [0.5, 0.6) is 0 Å². The molecule has 0 unspecified atom stereocenters. The molecule has 0 spiro atoms. The first-order valence-corrected chi connectivity index (χ1v) is 7.40. The van der Waals surface area contributed by atoms with Crippen LogP contribution in [0.2, 0.25) is 0 Å². The summed E-state index contributed by atoms with van der Waals surface area (Å²) in [5, 5.41) is 3.10. The number of nitrogens with one attached hydrogen (secondary N) is 1. The van der Waals surface area contributed by atoms with Gasteiger partial charge < -0.3 is 14.8 Å². The number of carbonyl (C=O) groups excluding carboxylic acids is 1. The fraction of sp³-hybridized carbons (Fsp3) is 0.500. The molecular weight excluding hydrogens is 268 g/mol. The number of hydrogen-bond donors (Lipinski definition) is 1. The molecule has 1 N–H and O–H groups in total. The van der Waals surface area contributed by atoms with Crippen LogP contribution < -0.4 is 5.32 Å². The number of aromatic nitrogens is 1. The van der Waals surface area contributed by atoms with Crippen molar-refractivity contribution in [2.75, 3.05) is 13.2 Å². The number of ether oxygens (including phenoxy) is 2. The van der Waals surface area contributed by atoms with Crippen LogP contribution in [0.4, 0.5) is 0 Å². The molecule has 5 nitrogen and oxygen atoms in total. The molecule has 1 fully saturated rings. The number of rotatable bonds is 3. The SMILES string of the molecule is CC1=C(C(=O)N[C@H]2CCO[C@@H]2c2cccnc2)CCCO1. The summed E-state index contributed by atoms with van der Waals surface area (Å²) >= 11 is 0. The fourth-order valence-electron chi connectivity index (χ4n) is 2.88. The Kier molecular flexibility index (Phi) is 4.20. The first-order valence-electron chi connectivity index (χ1n) is 7.40. The van der Waals surface area contributed by atoms with E-state index in [2.05, 4.69) is 10.3 Å². The van der Waals surface area contributed by atoms with E-state index in [0.717, 1.165) is 36.2 Å². The van der Waals surface area contributed by atoms with Crippen molar-refractivity contribution in [1.82, 2.24) is 10.3 Å². The van der Waals surface area contributed by atoms with Gasteiger partial charge in [0.1, 0.15) is 11.9 Å². The van der Waals surface area contributed by atoms with Crippen molar-refractivity contribution in [1.29, 1.82) is 0 Å². The monoisotopic (exact) mass is 288 g/mol. The Bertz CT molecular complexity index is 542. The summed E-state index contributed by atoms with van der Waals surface area (Å²) < 4.78 is 11.2. The van der Waals surface area contributed by atoms with Gasteiger partial charge in [-0.2, -0.15) is 0 Å². The highest BCUT2D eigenvalue weighted by Crippen LogP contribution is 2.29. The predicted octanol–water partition coefficient (Wildman–Crippen LogP) is 2.11. The summed E-state index contributed by atoms with van der Waals surface area (Å²) in [6.45, 7) is 3.21. The Morgan fingerprint density at radius 2 is 2.33 bits per heavy atom. The highest BCUT2D eigenvalue weighted by Gasteiger charge is 2.32. The summed E-state index contributed by atoms with van der Waals surface area (Å²) in [4.78, 5) is 16.5. The highest BCUT2D eigenvalue weighted by atomic mass is 16.5. The normalized spacial score (nSPS) is 25.6. The molecule has 0 saturated carbocycles. The molecule has 1 aromatic heterocycles. The second-order valence-electron chi connectivity index (χ2n) is 5.43. The first-order chi connectivity index (χ1) is 10.3. The summed E-state index contributed by atoms with van der Waals surface area (Å²) in [5.74, 6) is 0.715. The molecule has 2 aliphatic rings. The summed E-state index contributed by atoms with van der Waals surface area (Å²) in [6.07, 6.45) is 5.91. The average Bonchev–Trinajstić information content (AvgIpc) is 2.96. The van der Waals surface area contributed by atoms with Crippen molar-refractivity contribution in [3.63, 3.8) is 0 Å². The zero-order valence-corrected chi connectivity index (χ0v) is 12.2. The third kappa shape index (κ3) is 3.08. The summed E-state index contributed by atoms with van der Waals surface area (Å²) in [6, 6.07) is 3.86. The Labute approximate surface area is 124 Å². The van der Waals surface area contributed by atoms with Crippen molar-refractivity contribution >= 4 is 5.91 Å². The lowest BCUT2D eigenvalue weighted by Crippen LogP contribution is -2.38. The number of carbonyl (C=O) groups is 1. The Morgan fingerprint density at radius 3 is 3.10 bits per heavy atom. The van der Waals surface area contributed by atoms with Crippen LogP contribution in [0.3, 0.4) is 0 Å². The smallest absolute Gasteiger partial charge is 0.250 e. The molecule has 1 aromatic rings. The third-order valence-corrected chi connectivity index (χ3v) is 4.01. The van der Waals surface area contributed by atoms with Gasteiger partial charge in [0.2, 0.25) is 0 Å². The van der Waals surface area contributed by atoms with Crippen LogP contribution in [0.1, 0.15) is 37.9 Å². The first kappa shape index (κ1) is 14.1. The Morgan fingerprint density at radius 1 is 1.43 bits per heavy atom. The molecule has 1 amide bonds. The fourth-order valence-corrected chi connectivity index (χ4v) is 2.88. The standard InChI is InChI=1S/C16H20N2O3/c1-11-13(5-3-8-20-11)16(19)18-14-6-9-21-15(14)12-4-2-7-17-10-12/h2,4,7,10,14-15H,3,5-6,8-9H2,1H3,(H,18,19)/t14-,15+/m0/s1. The molecular formula is C16H20N2O3. The number of nitrogens with zero attached hydrogens (tertiary/aromatic N) is 1. The van der Waals surface area contributed by atoms with Crippen molar-refractivity contribution in [2.24, 2.45) is 0 Å². The quantitative estimate of drug-likeness (QED) is 0.925. The highest BCUT2D eigenvalue weighted by molar-refractivity contribution is 5.94. The van der Waals surface area contributed by atoms with Gasteiger partial charge in [0.05, 0.1) is 18.2 Å². The Hall–Kier alpha value is -1.88. The number of allylic oxidation sites excluding steroid dienone is 1. The molecule has 2 atom stereocenters. The van der Waals surface area contributed by atoms with Crippen LogP contribution >= 0.6 is 0 Å². The van der Waals surface area contributed by atoms with E-state index in [1.54, 1.807) is 12.4 Å². The minimum absolute atomic E-state index is 0.0103. The van der Waals surface area contributed by atoms with Gasteiger partial charge in [-0.05, 0) is 32.3 Å². The molecule has 2 aliphatic heterocycles. The molecule has 112 valence electrons. The van der Waals surface area contributed by atoms with Gasteiger partial charge in [0.25, 0.3) is 5.91 Å². The van der Waals surface area contributed by atoms with Gasteiger partial charge in [-0.25, -0.2) is 0 Å². The maximum absolute atomic E-state index is 12.4. The van der Waals surface area contributed by atoms with Crippen LogP contribution in [-0.2, 0) is 14.3 Å². The van der Waals surface area contributed by atoms with E-state index in [1.165, 1.54) is 0 Å². The second-order valence-corrected chi connectivity index (χ2v) is 5.43. The minimum atomic E-state index is -0.118. The maximum atomic E-state index is 12.4. The summed E-state index contributed by atoms with van der Waals surface area (Å²) in [5.41, 5.74) is 1.77. The van der Waals surface area contributed by atoms with Gasteiger partial charge in [0.15, 0.2) is 0 Å². The number of hydrogen-bond acceptors (Lipinski definition) is 4. The summed E-state index contributed by atoms with van der Waals surface area (Å²) in [7, 11) is 0. The lowest BCUT2D eigenvalue weighted by molar-refractivity contribution is -0.119. The van der Waals surface area contributed by atoms with Crippen molar-refractivity contribution in [3.05, 3.63) is 41.4 Å². The Balaban J connectivity index is 1.70.